The van der Waals surface area contributed by atoms with Gasteiger partial charge < -0.3 is 23.8 Å². The van der Waals surface area contributed by atoms with E-state index in [4.69, 9.17) is 18.9 Å². The molecule has 1 aliphatic carbocycles. The first-order valence-corrected chi connectivity index (χ1v) is 16.2. The number of likely N-dealkylation sites (tertiary alicyclic amines) is 1. The van der Waals surface area contributed by atoms with Crippen LogP contribution in [0, 0.1) is 0 Å². The lowest BCUT2D eigenvalue weighted by Gasteiger charge is -2.33. The van der Waals surface area contributed by atoms with Gasteiger partial charge >= 0.3 is 6.09 Å². The molecule has 4 aromatic rings. The van der Waals surface area contributed by atoms with Crippen molar-refractivity contribution in [3.8, 4) is 5.75 Å². The summed E-state index contributed by atoms with van der Waals surface area (Å²) in [6.07, 6.45) is 4.50. The summed E-state index contributed by atoms with van der Waals surface area (Å²) in [5.41, 5.74) is 4.54. The van der Waals surface area contributed by atoms with Gasteiger partial charge in [-0.1, -0.05) is 109 Å². The van der Waals surface area contributed by atoms with Crippen molar-refractivity contribution in [1.29, 1.82) is 0 Å². The van der Waals surface area contributed by atoms with Crippen LogP contribution in [0.1, 0.15) is 60.3 Å². The van der Waals surface area contributed by atoms with Gasteiger partial charge in [-0.25, -0.2) is 4.79 Å². The van der Waals surface area contributed by atoms with Gasteiger partial charge in [-0.3, -0.25) is 0 Å². The lowest BCUT2D eigenvalue weighted by Crippen LogP contribution is -2.44. The third-order valence-electron chi connectivity index (χ3n) is 9.00. The fraction of sp³-hybridized carbons (Fsp3) is 0.359. The predicted molar refractivity (Wildman–Crippen MR) is 175 cm³/mol. The lowest BCUT2D eigenvalue weighted by molar-refractivity contribution is -0.0468. The minimum atomic E-state index is -0.311. The second kappa shape index (κ2) is 15.7. The lowest BCUT2D eigenvalue weighted by atomic mass is 9.82. The van der Waals surface area contributed by atoms with Gasteiger partial charge in [0.05, 0.1) is 31.5 Å². The van der Waals surface area contributed by atoms with Crippen molar-refractivity contribution >= 4 is 6.09 Å². The highest BCUT2D eigenvalue weighted by molar-refractivity contribution is 5.68. The first-order valence-electron chi connectivity index (χ1n) is 16.2. The molecular weight excluding hydrogens is 562 g/mol. The van der Waals surface area contributed by atoms with E-state index >= 15 is 0 Å². The molecule has 0 bridgehead atoms. The van der Waals surface area contributed by atoms with Crippen LogP contribution in [0.4, 0.5) is 4.79 Å². The van der Waals surface area contributed by atoms with Crippen molar-refractivity contribution in [2.24, 2.45) is 0 Å². The molecule has 1 amide bonds. The van der Waals surface area contributed by atoms with E-state index in [-0.39, 0.29) is 30.9 Å². The summed E-state index contributed by atoms with van der Waals surface area (Å²) >= 11 is 0. The third-order valence-corrected chi connectivity index (χ3v) is 9.00. The summed E-state index contributed by atoms with van der Waals surface area (Å²) in [5.74, 6) is 1.41. The van der Waals surface area contributed by atoms with Crippen molar-refractivity contribution < 1.29 is 23.7 Å². The maximum absolute atomic E-state index is 13.3. The Morgan fingerprint density at radius 1 is 0.622 bits per heavy atom. The first kappa shape index (κ1) is 30.9. The highest BCUT2D eigenvalue weighted by atomic mass is 16.6. The van der Waals surface area contributed by atoms with Crippen LogP contribution < -0.4 is 4.74 Å². The maximum Gasteiger partial charge on any atom is 0.410 e. The highest BCUT2D eigenvalue weighted by Gasteiger charge is 2.39. The van der Waals surface area contributed by atoms with E-state index in [9.17, 15) is 4.79 Å². The van der Waals surface area contributed by atoms with Gasteiger partial charge in [0.15, 0.2) is 0 Å². The zero-order valence-electron chi connectivity index (χ0n) is 25.8. The van der Waals surface area contributed by atoms with Gasteiger partial charge in [0.25, 0.3) is 0 Å². The number of hydrogen-bond donors (Lipinski definition) is 0. The summed E-state index contributed by atoms with van der Waals surface area (Å²) in [7, 11) is 0. The maximum atomic E-state index is 13.3. The standard InChI is InChI=1S/C39H43NO5/c41-39(45-28-32-16-8-3-9-17-32)40-25-24-38(44-27-31-14-6-2-7-15-31)36(40)29-42-34-22-20-33(21-23-34)35-18-10-11-19-37(35)43-26-30-12-4-1-5-13-30/h1-19,33-34,36,38H,20-29H2. The van der Waals surface area contributed by atoms with Crippen LogP contribution in [0.15, 0.2) is 115 Å². The van der Waals surface area contributed by atoms with Gasteiger partial charge in [-0.05, 0) is 66.3 Å². The zero-order valence-corrected chi connectivity index (χ0v) is 25.8. The molecule has 45 heavy (non-hydrogen) atoms. The normalized spacial score (nSPS) is 21.4. The molecule has 2 aliphatic rings. The molecule has 1 heterocycles. The number of rotatable bonds is 12. The van der Waals surface area contributed by atoms with E-state index in [0.29, 0.717) is 32.3 Å². The van der Waals surface area contributed by atoms with Gasteiger partial charge in [-0.2, -0.15) is 0 Å². The number of benzene rings is 4. The first-order chi connectivity index (χ1) is 22.2. The highest BCUT2D eigenvalue weighted by Crippen LogP contribution is 2.39. The number of hydrogen-bond acceptors (Lipinski definition) is 5. The molecular formula is C39H43NO5. The van der Waals surface area contributed by atoms with Crippen LogP contribution >= 0.6 is 0 Å². The molecule has 6 rings (SSSR count). The fourth-order valence-electron chi connectivity index (χ4n) is 6.48. The van der Waals surface area contributed by atoms with Crippen LogP contribution in [0.5, 0.6) is 5.75 Å². The number of carbonyl (C=O) groups excluding carboxylic acids is 1. The Morgan fingerprint density at radius 3 is 1.87 bits per heavy atom. The average Bonchev–Trinajstić information content (AvgIpc) is 3.52. The molecule has 6 heteroatoms. The zero-order chi connectivity index (χ0) is 30.7. The SMILES string of the molecule is O=C(OCc1ccccc1)N1CCC(OCc2ccccc2)C1COC1CCC(c2ccccc2OCc2ccccc2)CC1. The Hall–Kier alpha value is -4.13. The minimum absolute atomic E-state index is 0.112. The molecule has 1 saturated carbocycles. The van der Waals surface area contributed by atoms with E-state index in [1.165, 1.54) is 11.1 Å². The minimum Gasteiger partial charge on any atom is -0.489 e. The van der Waals surface area contributed by atoms with E-state index < -0.39 is 0 Å². The smallest absolute Gasteiger partial charge is 0.410 e. The number of nitrogens with zero attached hydrogens (tertiary/aromatic N) is 1. The van der Waals surface area contributed by atoms with Gasteiger partial charge in [-0.15, -0.1) is 0 Å². The van der Waals surface area contributed by atoms with E-state index in [1.54, 1.807) is 0 Å². The van der Waals surface area contributed by atoms with Gasteiger partial charge in [0.1, 0.15) is 19.0 Å². The summed E-state index contributed by atoms with van der Waals surface area (Å²) in [6, 6.07) is 38.5. The Labute approximate surface area is 266 Å². The summed E-state index contributed by atoms with van der Waals surface area (Å²) in [4.78, 5) is 15.1. The van der Waals surface area contributed by atoms with E-state index in [1.807, 2.05) is 77.7 Å². The topological polar surface area (TPSA) is 57.2 Å². The molecule has 0 radical (unpaired) electrons. The molecule has 1 saturated heterocycles. The van der Waals surface area contributed by atoms with Crippen LogP contribution in [-0.2, 0) is 34.0 Å². The van der Waals surface area contributed by atoms with Crippen molar-refractivity contribution in [1.82, 2.24) is 4.90 Å². The van der Waals surface area contributed by atoms with Crippen LogP contribution in [-0.4, -0.2) is 42.4 Å². The molecule has 6 nitrogen and oxygen atoms in total. The van der Waals surface area contributed by atoms with E-state index in [2.05, 4.69) is 42.5 Å². The number of ether oxygens (including phenoxy) is 4. The van der Waals surface area contributed by atoms with Gasteiger partial charge in [0, 0.05) is 6.54 Å². The Bertz CT molecular complexity index is 1460. The van der Waals surface area contributed by atoms with Crippen molar-refractivity contribution in [3.63, 3.8) is 0 Å². The number of amides is 1. The summed E-state index contributed by atoms with van der Waals surface area (Å²) in [6.45, 7) is 2.35. The molecule has 2 unspecified atom stereocenters. The Balaban J connectivity index is 1.04. The van der Waals surface area contributed by atoms with Crippen LogP contribution in [0.25, 0.3) is 0 Å². The average molecular weight is 606 g/mol. The monoisotopic (exact) mass is 605 g/mol. The molecule has 0 N–H and O–H groups in total. The van der Waals surface area contributed by atoms with Crippen LogP contribution in [0.3, 0.4) is 0 Å². The number of carbonyl (C=O) groups is 1. The second-order valence-corrected chi connectivity index (χ2v) is 12.0. The third kappa shape index (κ3) is 8.53. The molecule has 1 aliphatic heterocycles. The summed E-state index contributed by atoms with van der Waals surface area (Å²) < 4.78 is 24.9. The van der Waals surface area contributed by atoms with Crippen LogP contribution in [0.2, 0.25) is 0 Å². The fourth-order valence-corrected chi connectivity index (χ4v) is 6.48. The summed E-state index contributed by atoms with van der Waals surface area (Å²) in [5, 5.41) is 0. The Morgan fingerprint density at radius 2 is 1.20 bits per heavy atom. The quantitative estimate of drug-likeness (QED) is 0.163. The van der Waals surface area contributed by atoms with Gasteiger partial charge in [0.2, 0.25) is 0 Å². The molecule has 0 spiro atoms. The predicted octanol–water partition coefficient (Wildman–Crippen LogP) is 8.30. The largest absolute Gasteiger partial charge is 0.489 e. The molecule has 2 fully saturated rings. The van der Waals surface area contributed by atoms with E-state index in [0.717, 1.165) is 49.0 Å². The van der Waals surface area contributed by atoms with Crippen molar-refractivity contribution in [2.45, 2.75) is 76.1 Å². The van der Waals surface area contributed by atoms with Crippen molar-refractivity contribution in [3.05, 3.63) is 138 Å². The number of para-hydroxylation sites is 1. The molecule has 0 aromatic heterocycles. The van der Waals surface area contributed by atoms with Crippen molar-refractivity contribution in [2.75, 3.05) is 13.2 Å². The Kier molecular flexibility index (Phi) is 10.8. The molecule has 4 aromatic carbocycles. The molecule has 2 atom stereocenters. The second-order valence-electron chi connectivity index (χ2n) is 12.0. The molecule has 234 valence electrons.